The van der Waals surface area contributed by atoms with Crippen LogP contribution in [0.4, 0.5) is 23.2 Å². The van der Waals surface area contributed by atoms with Crippen molar-refractivity contribution >= 4 is 29.2 Å². The Bertz CT molecular complexity index is 1070. The Hall–Kier alpha value is -2.38. The monoisotopic (exact) mass is 467 g/mol. The molecule has 0 aromatic heterocycles. The fourth-order valence-corrected chi connectivity index (χ4v) is 4.62. The molecule has 0 spiro atoms. The first-order valence-electron chi connectivity index (χ1n) is 9.62. The number of ether oxygens (including phenoxy) is 1. The summed E-state index contributed by atoms with van der Waals surface area (Å²) in [6.45, 7) is 0.958. The van der Waals surface area contributed by atoms with Gasteiger partial charge in [-0.05, 0) is 72.8 Å². The molecule has 0 fully saturated rings. The van der Waals surface area contributed by atoms with Gasteiger partial charge in [0.1, 0.15) is 18.2 Å². The van der Waals surface area contributed by atoms with Crippen molar-refractivity contribution < 1.29 is 22.3 Å². The Kier molecular flexibility index (Phi) is 6.34. The number of benzene rings is 3. The second-order valence-electron chi connectivity index (χ2n) is 7.07. The van der Waals surface area contributed by atoms with E-state index in [0.717, 1.165) is 23.4 Å². The number of halogens is 5. The Balaban J connectivity index is 1.54. The molecule has 1 heterocycles. The van der Waals surface area contributed by atoms with E-state index < -0.39 is 11.7 Å². The molecule has 8 heteroatoms. The molecule has 162 valence electrons. The summed E-state index contributed by atoms with van der Waals surface area (Å²) in [6, 6.07) is 15.6. The molecule has 0 N–H and O–H groups in total. The average molecular weight is 468 g/mol. The molecule has 1 aliphatic heterocycles. The van der Waals surface area contributed by atoms with Gasteiger partial charge in [0.05, 0.1) is 17.8 Å². The molecule has 0 amide bonds. The number of anilines is 1. The molecule has 0 bridgehead atoms. The first kappa shape index (κ1) is 21.8. The lowest BCUT2D eigenvalue weighted by Crippen LogP contribution is -2.27. The predicted octanol–water partition coefficient (Wildman–Crippen LogP) is 7.19. The molecule has 31 heavy (non-hydrogen) atoms. The van der Waals surface area contributed by atoms with Crippen LogP contribution in [0.2, 0.25) is 5.02 Å². The summed E-state index contributed by atoms with van der Waals surface area (Å²) in [6.07, 6.45) is -3.39. The fraction of sp³-hybridized carbons (Fsp3) is 0.217. The first-order chi connectivity index (χ1) is 14.8. The van der Waals surface area contributed by atoms with Gasteiger partial charge in [-0.25, -0.2) is 4.39 Å². The van der Waals surface area contributed by atoms with Gasteiger partial charge in [0, 0.05) is 15.5 Å². The van der Waals surface area contributed by atoms with Crippen LogP contribution < -0.4 is 9.04 Å². The van der Waals surface area contributed by atoms with Crippen LogP contribution in [0.25, 0.3) is 0 Å². The lowest BCUT2D eigenvalue weighted by molar-refractivity contribution is -0.137. The number of nitrogens with zero attached hydrogens (tertiary/aromatic N) is 1. The smallest absolute Gasteiger partial charge is 0.416 e. The first-order valence-corrected chi connectivity index (χ1v) is 10.8. The van der Waals surface area contributed by atoms with Crippen LogP contribution in [0, 0.1) is 5.82 Å². The molecule has 4 rings (SSSR count). The van der Waals surface area contributed by atoms with E-state index in [0.29, 0.717) is 47.2 Å². The number of rotatable bonds is 5. The van der Waals surface area contributed by atoms with Crippen LogP contribution >= 0.6 is 23.5 Å². The molecule has 0 unspecified atom stereocenters. The number of hydrogen-bond donors (Lipinski definition) is 0. The second kappa shape index (κ2) is 9.01. The minimum Gasteiger partial charge on any atom is -0.489 e. The van der Waals surface area contributed by atoms with Crippen molar-refractivity contribution in [2.24, 2.45) is 0 Å². The van der Waals surface area contributed by atoms with Gasteiger partial charge in [-0.2, -0.15) is 13.2 Å². The molecular formula is C23H18ClF4NOS. The van der Waals surface area contributed by atoms with Gasteiger partial charge < -0.3 is 9.04 Å². The molecule has 0 radical (unpaired) electrons. The SMILES string of the molecule is Fc1cccc(Cl)c1CCc1ccc2c(c1)N(Sc1cccc(C(F)(F)F)c1)CCO2. The van der Waals surface area contributed by atoms with Gasteiger partial charge in [0.25, 0.3) is 0 Å². The van der Waals surface area contributed by atoms with E-state index in [2.05, 4.69) is 0 Å². The third-order valence-corrected chi connectivity index (χ3v) is 6.36. The van der Waals surface area contributed by atoms with Crippen LogP contribution in [0.3, 0.4) is 0 Å². The van der Waals surface area contributed by atoms with E-state index in [4.69, 9.17) is 16.3 Å². The van der Waals surface area contributed by atoms with E-state index >= 15 is 0 Å². The summed E-state index contributed by atoms with van der Waals surface area (Å²) < 4.78 is 60.8. The highest BCUT2D eigenvalue weighted by Gasteiger charge is 2.31. The van der Waals surface area contributed by atoms with Crippen molar-refractivity contribution in [3.05, 3.63) is 88.2 Å². The third-order valence-electron chi connectivity index (χ3n) is 4.95. The third kappa shape index (κ3) is 5.10. The van der Waals surface area contributed by atoms with Gasteiger partial charge in [-0.3, -0.25) is 0 Å². The van der Waals surface area contributed by atoms with E-state index in [1.807, 2.05) is 22.5 Å². The van der Waals surface area contributed by atoms with Crippen LogP contribution in [0.15, 0.2) is 65.6 Å². The summed E-state index contributed by atoms with van der Waals surface area (Å²) in [7, 11) is 0. The van der Waals surface area contributed by atoms with E-state index in [1.54, 1.807) is 18.2 Å². The van der Waals surface area contributed by atoms with Crippen LogP contribution in [0.5, 0.6) is 5.75 Å². The zero-order chi connectivity index (χ0) is 22.0. The zero-order valence-corrected chi connectivity index (χ0v) is 17.8. The number of aryl methyl sites for hydroxylation is 1. The number of fused-ring (bicyclic) bond motifs is 1. The van der Waals surface area contributed by atoms with Crippen molar-refractivity contribution in [2.45, 2.75) is 23.9 Å². The zero-order valence-electron chi connectivity index (χ0n) is 16.3. The van der Waals surface area contributed by atoms with Crippen molar-refractivity contribution in [3.8, 4) is 5.75 Å². The maximum absolute atomic E-state index is 14.1. The normalized spacial score (nSPS) is 13.6. The van der Waals surface area contributed by atoms with Crippen molar-refractivity contribution in [3.63, 3.8) is 0 Å². The van der Waals surface area contributed by atoms with Gasteiger partial charge in [-0.1, -0.05) is 29.8 Å². The Morgan fingerprint density at radius 3 is 2.58 bits per heavy atom. The topological polar surface area (TPSA) is 12.5 Å². The summed E-state index contributed by atoms with van der Waals surface area (Å²) in [5.41, 5.74) is 1.53. The van der Waals surface area contributed by atoms with Crippen molar-refractivity contribution in [1.29, 1.82) is 0 Å². The highest BCUT2D eigenvalue weighted by molar-refractivity contribution is 8.00. The van der Waals surface area contributed by atoms with Crippen molar-refractivity contribution in [2.75, 3.05) is 17.5 Å². The fourth-order valence-electron chi connectivity index (χ4n) is 3.39. The van der Waals surface area contributed by atoms with Gasteiger partial charge in [-0.15, -0.1) is 0 Å². The van der Waals surface area contributed by atoms with Crippen molar-refractivity contribution in [1.82, 2.24) is 0 Å². The predicted molar refractivity (Wildman–Crippen MR) is 115 cm³/mol. The number of alkyl halides is 3. The minimum absolute atomic E-state index is 0.337. The summed E-state index contributed by atoms with van der Waals surface area (Å²) in [5.74, 6) is 0.328. The molecule has 3 aromatic carbocycles. The van der Waals surface area contributed by atoms with Crippen LogP contribution in [-0.2, 0) is 19.0 Å². The highest BCUT2D eigenvalue weighted by Crippen LogP contribution is 2.40. The molecule has 1 aliphatic rings. The van der Waals surface area contributed by atoms with E-state index in [9.17, 15) is 17.6 Å². The average Bonchev–Trinajstić information content (AvgIpc) is 2.73. The lowest BCUT2D eigenvalue weighted by Gasteiger charge is -2.30. The largest absolute Gasteiger partial charge is 0.489 e. The highest BCUT2D eigenvalue weighted by atomic mass is 35.5. The lowest BCUT2D eigenvalue weighted by atomic mass is 10.0. The summed E-state index contributed by atoms with van der Waals surface area (Å²) in [4.78, 5) is 0.492. The standard InChI is InChI=1S/C23H18ClF4NOS/c24-19-5-2-6-20(25)18(19)9-7-15-8-10-22-21(13-15)29(11-12-30-22)31-17-4-1-3-16(14-17)23(26,27)28/h1-6,8,10,13-14H,7,9,11-12H2. The maximum atomic E-state index is 14.1. The quantitative estimate of drug-likeness (QED) is 0.291. The molecular weight excluding hydrogens is 450 g/mol. The Morgan fingerprint density at radius 1 is 1.00 bits per heavy atom. The van der Waals surface area contributed by atoms with Gasteiger partial charge in [0.2, 0.25) is 0 Å². The molecule has 3 aromatic rings. The summed E-state index contributed by atoms with van der Waals surface area (Å²) >= 11 is 7.36. The van der Waals surface area contributed by atoms with E-state index in [1.165, 1.54) is 24.1 Å². The van der Waals surface area contributed by atoms with Gasteiger partial charge in [0.15, 0.2) is 0 Å². The Labute approximate surface area is 186 Å². The second-order valence-corrected chi connectivity index (χ2v) is 8.57. The number of hydrogen-bond acceptors (Lipinski definition) is 3. The van der Waals surface area contributed by atoms with Crippen LogP contribution in [0.1, 0.15) is 16.7 Å². The minimum atomic E-state index is -4.39. The maximum Gasteiger partial charge on any atom is 0.416 e. The molecule has 0 saturated carbocycles. The summed E-state index contributed by atoms with van der Waals surface area (Å²) in [5, 5.41) is 0.392. The molecule has 0 aliphatic carbocycles. The van der Waals surface area contributed by atoms with E-state index in [-0.39, 0.29) is 5.82 Å². The molecule has 0 atom stereocenters. The molecule has 2 nitrogen and oxygen atoms in total. The molecule has 0 saturated heterocycles. The Morgan fingerprint density at radius 2 is 1.81 bits per heavy atom. The van der Waals surface area contributed by atoms with Gasteiger partial charge >= 0.3 is 6.18 Å². The van der Waals surface area contributed by atoms with Crippen LogP contribution in [-0.4, -0.2) is 13.2 Å².